The van der Waals surface area contributed by atoms with Crippen molar-refractivity contribution >= 4 is 29.1 Å². The molecule has 1 N–H and O–H groups in total. The van der Waals surface area contributed by atoms with Crippen molar-refractivity contribution < 1.29 is 4.74 Å². The molecule has 0 spiro atoms. The van der Waals surface area contributed by atoms with Gasteiger partial charge in [0.05, 0.1) is 22.1 Å². The van der Waals surface area contributed by atoms with Gasteiger partial charge in [-0.1, -0.05) is 6.07 Å². The minimum Gasteiger partial charge on any atom is -0.388 e. The number of benzene rings is 1. The van der Waals surface area contributed by atoms with Crippen molar-refractivity contribution in [2.75, 3.05) is 25.6 Å². The maximum atomic E-state index is 5.56. The maximum absolute atomic E-state index is 5.56. The Bertz CT molecular complexity index is 917. The number of hydrogen-bond acceptors (Lipinski definition) is 4. The van der Waals surface area contributed by atoms with E-state index in [2.05, 4.69) is 59.0 Å². The van der Waals surface area contributed by atoms with E-state index in [-0.39, 0.29) is 17.8 Å². The Labute approximate surface area is 172 Å². The lowest BCUT2D eigenvalue weighted by Gasteiger charge is -2.28. The summed E-state index contributed by atoms with van der Waals surface area (Å²) in [5.74, 6) is 1.70. The van der Waals surface area contributed by atoms with Crippen LogP contribution in [0.25, 0.3) is 11.0 Å². The Balaban J connectivity index is 0.00000225. The smallest absolute Gasteiger partial charge is 0.121 e. The van der Waals surface area contributed by atoms with E-state index in [1.54, 1.807) is 0 Å². The molecular weight excluding hydrogens is 372 g/mol. The van der Waals surface area contributed by atoms with Crippen LogP contribution in [0.4, 0.5) is 5.69 Å². The number of anilines is 1. The monoisotopic (exact) mass is 400 g/mol. The molecule has 4 rings (SSSR count). The predicted molar refractivity (Wildman–Crippen MR) is 116 cm³/mol. The third-order valence-corrected chi connectivity index (χ3v) is 5.68. The van der Waals surface area contributed by atoms with Crippen LogP contribution in [-0.2, 0) is 16.7 Å². The minimum absolute atomic E-state index is 0. The molecule has 3 heterocycles. The summed E-state index contributed by atoms with van der Waals surface area (Å²) < 4.78 is 7.98. The van der Waals surface area contributed by atoms with Crippen LogP contribution in [-0.4, -0.2) is 34.8 Å². The van der Waals surface area contributed by atoms with Crippen LogP contribution in [0.2, 0.25) is 0 Å². The van der Waals surface area contributed by atoms with E-state index in [0.29, 0.717) is 5.92 Å². The molecule has 6 heteroatoms. The summed E-state index contributed by atoms with van der Waals surface area (Å²) >= 11 is 0. The molecule has 1 aliphatic rings. The Morgan fingerprint density at radius 2 is 1.96 bits per heavy atom. The van der Waals surface area contributed by atoms with Crippen molar-refractivity contribution in [3.05, 3.63) is 54.1 Å². The molecule has 0 unspecified atom stereocenters. The molecule has 0 amide bonds. The first kappa shape index (κ1) is 20.6. The lowest BCUT2D eigenvalue weighted by atomic mass is 9.87. The van der Waals surface area contributed by atoms with Crippen LogP contribution >= 0.6 is 12.4 Å². The zero-order valence-electron chi connectivity index (χ0n) is 16.8. The first-order chi connectivity index (χ1) is 13.1. The van der Waals surface area contributed by atoms with Crippen LogP contribution in [0, 0.1) is 5.92 Å². The van der Waals surface area contributed by atoms with Crippen molar-refractivity contribution in [2.24, 2.45) is 5.92 Å². The van der Waals surface area contributed by atoms with Crippen LogP contribution in [0.1, 0.15) is 38.2 Å². The second-order valence-corrected chi connectivity index (χ2v) is 7.90. The van der Waals surface area contributed by atoms with Gasteiger partial charge in [-0.15, -0.1) is 12.4 Å². The number of halogens is 1. The van der Waals surface area contributed by atoms with Crippen LogP contribution in [0.15, 0.2) is 42.6 Å². The van der Waals surface area contributed by atoms with Gasteiger partial charge in [0.25, 0.3) is 0 Å². The number of fused-ring (bicyclic) bond motifs is 1. The molecule has 1 saturated heterocycles. The number of nitrogens with one attached hydrogen (secondary N) is 1. The number of ether oxygens (including phenoxy) is 1. The van der Waals surface area contributed by atoms with Gasteiger partial charge in [-0.05, 0) is 62.9 Å². The fraction of sp³-hybridized carbons (Fsp3) is 0.455. The average Bonchev–Trinajstić information content (AvgIpc) is 3.08. The number of rotatable bonds is 5. The normalized spacial score (nSPS) is 15.4. The Hall–Kier alpha value is -2.11. The summed E-state index contributed by atoms with van der Waals surface area (Å²) in [5.41, 5.74) is 4.08. The highest BCUT2D eigenvalue weighted by atomic mass is 35.5. The summed E-state index contributed by atoms with van der Waals surface area (Å²) in [5, 5.41) is 3.22. The van der Waals surface area contributed by atoms with Crippen LogP contribution in [0.3, 0.4) is 0 Å². The zero-order valence-corrected chi connectivity index (χ0v) is 17.6. The largest absolute Gasteiger partial charge is 0.388 e. The Morgan fingerprint density at radius 3 is 2.64 bits per heavy atom. The second kappa shape index (κ2) is 8.50. The summed E-state index contributed by atoms with van der Waals surface area (Å²) in [6, 6.07) is 12.6. The quantitative estimate of drug-likeness (QED) is 0.677. The minimum atomic E-state index is -0.273. The van der Waals surface area contributed by atoms with Gasteiger partial charge < -0.3 is 14.6 Å². The molecule has 150 valence electrons. The highest BCUT2D eigenvalue weighted by Crippen LogP contribution is 2.34. The van der Waals surface area contributed by atoms with Crippen molar-refractivity contribution in [3.8, 4) is 0 Å². The molecule has 0 aliphatic carbocycles. The Morgan fingerprint density at radius 1 is 1.18 bits per heavy atom. The third kappa shape index (κ3) is 3.87. The number of nitrogens with zero attached hydrogens (tertiary/aromatic N) is 3. The van der Waals surface area contributed by atoms with Gasteiger partial charge in [0.2, 0.25) is 0 Å². The van der Waals surface area contributed by atoms with Gasteiger partial charge >= 0.3 is 0 Å². The summed E-state index contributed by atoms with van der Waals surface area (Å²) in [4.78, 5) is 9.72. The van der Waals surface area contributed by atoms with Crippen LogP contribution < -0.4 is 5.32 Å². The molecule has 5 nitrogen and oxygen atoms in total. The fourth-order valence-corrected chi connectivity index (χ4v) is 3.98. The standard InChI is InChI=1S/C22H28N4O.ClH/c1-22(2,20-6-4-5-11-24-20)21-25-18-14-17(23-3)7-8-19(18)26(21)15-16-9-12-27-13-10-16;/h4-8,11,14,16,23H,9-10,12-13,15H2,1-3H3;1H. The topological polar surface area (TPSA) is 52.0 Å². The second-order valence-electron chi connectivity index (χ2n) is 7.90. The van der Waals surface area contributed by atoms with E-state index in [0.717, 1.165) is 55.3 Å². The molecule has 1 aromatic carbocycles. The summed E-state index contributed by atoms with van der Waals surface area (Å²) in [6.07, 6.45) is 4.08. The summed E-state index contributed by atoms with van der Waals surface area (Å²) in [7, 11) is 1.94. The number of aromatic nitrogens is 3. The highest BCUT2D eigenvalue weighted by molar-refractivity contribution is 5.85. The molecule has 0 atom stereocenters. The molecule has 3 aromatic rings. The van der Waals surface area contributed by atoms with Crippen molar-refractivity contribution in [1.29, 1.82) is 0 Å². The van der Waals surface area contributed by atoms with E-state index in [1.807, 2.05) is 19.3 Å². The van der Waals surface area contributed by atoms with Gasteiger partial charge in [0, 0.05) is 38.7 Å². The maximum Gasteiger partial charge on any atom is 0.121 e. The van der Waals surface area contributed by atoms with E-state index in [1.165, 1.54) is 5.52 Å². The lowest BCUT2D eigenvalue weighted by Crippen LogP contribution is -2.28. The third-order valence-electron chi connectivity index (χ3n) is 5.68. The molecule has 0 radical (unpaired) electrons. The lowest BCUT2D eigenvalue weighted by molar-refractivity contribution is 0.0611. The van der Waals surface area contributed by atoms with E-state index >= 15 is 0 Å². The van der Waals surface area contributed by atoms with E-state index < -0.39 is 0 Å². The number of imidazole rings is 1. The molecule has 2 aromatic heterocycles. The fourth-order valence-electron chi connectivity index (χ4n) is 3.98. The molecule has 0 bridgehead atoms. The molecule has 1 aliphatic heterocycles. The van der Waals surface area contributed by atoms with Gasteiger partial charge in [-0.25, -0.2) is 4.98 Å². The van der Waals surface area contributed by atoms with Crippen LogP contribution in [0.5, 0.6) is 0 Å². The molecular formula is C22H29ClN4O. The molecule has 1 fully saturated rings. The van der Waals surface area contributed by atoms with E-state index in [9.17, 15) is 0 Å². The Kier molecular flexibility index (Phi) is 6.26. The first-order valence-corrected chi connectivity index (χ1v) is 9.77. The van der Waals surface area contributed by atoms with Gasteiger partial charge in [-0.3, -0.25) is 4.98 Å². The SMILES string of the molecule is CNc1ccc2c(c1)nc(C(C)(C)c1ccccn1)n2CC1CCOCC1.Cl. The number of hydrogen-bond donors (Lipinski definition) is 1. The average molecular weight is 401 g/mol. The molecule has 0 saturated carbocycles. The van der Waals surface area contributed by atoms with Crippen molar-refractivity contribution in [1.82, 2.24) is 14.5 Å². The van der Waals surface area contributed by atoms with Crippen molar-refractivity contribution in [2.45, 2.75) is 38.6 Å². The first-order valence-electron chi connectivity index (χ1n) is 9.77. The molecule has 28 heavy (non-hydrogen) atoms. The number of pyridine rings is 1. The summed E-state index contributed by atoms with van der Waals surface area (Å²) in [6.45, 7) is 7.14. The predicted octanol–water partition coefficient (Wildman–Crippen LogP) is 4.65. The van der Waals surface area contributed by atoms with Gasteiger partial charge in [0.1, 0.15) is 5.82 Å². The van der Waals surface area contributed by atoms with Gasteiger partial charge in [-0.2, -0.15) is 0 Å². The van der Waals surface area contributed by atoms with Crippen molar-refractivity contribution in [3.63, 3.8) is 0 Å². The highest BCUT2D eigenvalue weighted by Gasteiger charge is 2.32. The van der Waals surface area contributed by atoms with E-state index in [4.69, 9.17) is 9.72 Å². The van der Waals surface area contributed by atoms with Gasteiger partial charge in [0.15, 0.2) is 0 Å². The zero-order chi connectivity index (χ0) is 18.9.